The van der Waals surface area contributed by atoms with Gasteiger partial charge in [-0.05, 0) is 19.1 Å². The van der Waals surface area contributed by atoms with Crippen molar-refractivity contribution in [2.24, 2.45) is 0 Å². The maximum absolute atomic E-state index is 14.2. The molecule has 0 aliphatic heterocycles. The Morgan fingerprint density at radius 2 is 2.12 bits per heavy atom. The zero-order valence-corrected chi connectivity index (χ0v) is 14.2. The van der Waals surface area contributed by atoms with Crippen molar-refractivity contribution in [1.82, 2.24) is 14.5 Å². The summed E-state index contributed by atoms with van der Waals surface area (Å²) in [6, 6.07) is 4.62. The first-order valence-electron chi connectivity index (χ1n) is 7.80. The van der Waals surface area contributed by atoms with Crippen molar-refractivity contribution in [3.63, 3.8) is 0 Å². The third kappa shape index (κ3) is 3.04. The third-order valence-electron chi connectivity index (χ3n) is 3.88. The molecule has 0 spiro atoms. The lowest BCUT2D eigenvalue weighted by Crippen LogP contribution is -2.07. The number of benzene rings is 1. The predicted octanol–water partition coefficient (Wildman–Crippen LogP) is 4.17. The molecule has 2 heterocycles. The smallest absolute Gasteiger partial charge is 0.229 e. The number of hydrogen-bond donors (Lipinski definition) is 0. The summed E-state index contributed by atoms with van der Waals surface area (Å²) in [5.41, 5.74) is 1.08. The summed E-state index contributed by atoms with van der Waals surface area (Å²) >= 11 is 0. The van der Waals surface area contributed by atoms with Gasteiger partial charge in [0.05, 0.1) is 19.2 Å². The fourth-order valence-electron chi connectivity index (χ4n) is 2.60. The Bertz CT molecular complexity index is 852. The Hall–Kier alpha value is -2.63. The van der Waals surface area contributed by atoms with Gasteiger partial charge < -0.3 is 13.7 Å². The first kappa shape index (κ1) is 16.2. The van der Waals surface area contributed by atoms with Gasteiger partial charge in [-0.2, -0.15) is 0 Å². The summed E-state index contributed by atoms with van der Waals surface area (Å²) in [6.45, 7) is 6.55. The molecular formula is C18H20FN3O2. The van der Waals surface area contributed by atoms with Gasteiger partial charge in [-0.1, -0.05) is 13.8 Å². The molecule has 0 aliphatic rings. The Labute approximate surface area is 140 Å². The van der Waals surface area contributed by atoms with Gasteiger partial charge in [0.1, 0.15) is 28.8 Å². The molecule has 24 heavy (non-hydrogen) atoms. The fourth-order valence-corrected chi connectivity index (χ4v) is 2.60. The number of aryl methyl sites for hydroxylation is 1. The third-order valence-corrected chi connectivity index (χ3v) is 3.88. The molecule has 0 saturated carbocycles. The average molecular weight is 329 g/mol. The zero-order valence-electron chi connectivity index (χ0n) is 14.2. The molecule has 2 aromatic heterocycles. The van der Waals surface area contributed by atoms with Crippen molar-refractivity contribution in [2.45, 2.75) is 33.2 Å². The molecular weight excluding hydrogens is 309 g/mol. The standard InChI is InChI=1S/C18H20FN3O2/c1-11(2)17-20-7-8-22(17)10-16-12(3)24-18(21-16)14-6-5-13(23-4)9-15(14)19/h5-9,11H,10H2,1-4H3. The minimum absolute atomic E-state index is 0.272. The minimum atomic E-state index is -0.423. The van der Waals surface area contributed by atoms with E-state index in [1.165, 1.54) is 13.2 Å². The van der Waals surface area contributed by atoms with Crippen molar-refractivity contribution in [1.29, 1.82) is 0 Å². The van der Waals surface area contributed by atoms with Gasteiger partial charge in [0.25, 0.3) is 0 Å². The van der Waals surface area contributed by atoms with E-state index in [4.69, 9.17) is 9.15 Å². The van der Waals surface area contributed by atoms with Crippen LogP contribution in [-0.4, -0.2) is 21.6 Å². The molecule has 126 valence electrons. The lowest BCUT2D eigenvalue weighted by Gasteiger charge is -2.08. The van der Waals surface area contributed by atoms with Gasteiger partial charge >= 0.3 is 0 Å². The van der Waals surface area contributed by atoms with Crippen LogP contribution < -0.4 is 4.74 Å². The number of hydrogen-bond acceptors (Lipinski definition) is 4. The molecule has 0 atom stereocenters. The molecule has 0 unspecified atom stereocenters. The van der Waals surface area contributed by atoms with Gasteiger partial charge in [0.15, 0.2) is 0 Å². The second-order valence-electron chi connectivity index (χ2n) is 5.94. The van der Waals surface area contributed by atoms with Crippen LogP contribution in [0.3, 0.4) is 0 Å². The second-order valence-corrected chi connectivity index (χ2v) is 5.94. The highest BCUT2D eigenvalue weighted by Crippen LogP contribution is 2.28. The number of oxazole rings is 1. The molecule has 3 rings (SSSR count). The van der Waals surface area contributed by atoms with E-state index in [1.807, 2.05) is 17.7 Å². The number of ether oxygens (including phenoxy) is 1. The Balaban J connectivity index is 1.92. The lowest BCUT2D eigenvalue weighted by atomic mass is 10.2. The second kappa shape index (κ2) is 6.47. The average Bonchev–Trinajstić information content (AvgIpc) is 3.15. The van der Waals surface area contributed by atoms with Crippen LogP contribution in [-0.2, 0) is 6.54 Å². The van der Waals surface area contributed by atoms with Crippen LogP contribution in [0.1, 0.15) is 37.0 Å². The van der Waals surface area contributed by atoms with E-state index in [0.717, 1.165) is 11.5 Å². The summed E-state index contributed by atoms with van der Waals surface area (Å²) in [6.07, 6.45) is 3.69. The number of rotatable bonds is 5. The van der Waals surface area contributed by atoms with E-state index in [0.29, 0.717) is 29.5 Å². The first-order chi connectivity index (χ1) is 11.5. The quantitative estimate of drug-likeness (QED) is 0.705. The van der Waals surface area contributed by atoms with E-state index in [9.17, 15) is 4.39 Å². The van der Waals surface area contributed by atoms with Gasteiger partial charge in [0, 0.05) is 24.4 Å². The van der Waals surface area contributed by atoms with E-state index >= 15 is 0 Å². The van der Waals surface area contributed by atoms with Gasteiger partial charge in [0.2, 0.25) is 5.89 Å². The highest BCUT2D eigenvalue weighted by molar-refractivity contribution is 5.56. The molecule has 0 radical (unpaired) electrons. The topological polar surface area (TPSA) is 53.1 Å². The van der Waals surface area contributed by atoms with Crippen molar-refractivity contribution in [3.8, 4) is 17.2 Å². The predicted molar refractivity (Wildman–Crippen MR) is 88.6 cm³/mol. The minimum Gasteiger partial charge on any atom is -0.497 e. The van der Waals surface area contributed by atoms with Crippen molar-refractivity contribution < 1.29 is 13.5 Å². The Morgan fingerprint density at radius 1 is 1.33 bits per heavy atom. The van der Waals surface area contributed by atoms with Crippen LogP contribution in [0.15, 0.2) is 35.0 Å². The van der Waals surface area contributed by atoms with Crippen LogP contribution in [0.25, 0.3) is 11.5 Å². The summed E-state index contributed by atoms with van der Waals surface area (Å²) in [7, 11) is 1.50. The monoisotopic (exact) mass is 329 g/mol. The van der Waals surface area contributed by atoms with Crippen LogP contribution >= 0.6 is 0 Å². The maximum atomic E-state index is 14.2. The Kier molecular flexibility index (Phi) is 4.38. The molecule has 0 fully saturated rings. The SMILES string of the molecule is COc1ccc(-c2nc(Cn3ccnc3C(C)C)c(C)o2)c(F)c1. The molecule has 0 saturated heterocycles. The number of methoxy groups -OCH3 is 1. The summed E-state index contributed by atoms with van der Waals surface area (Å²) in [4.78, 5) is 8.85. The van der Waals surface area contributed by atoms with Crippen LogP contribution in [0.5, 0.6) is 5.75 Å². The fraction of sp³-hybridized carbons (Fsp3) is 0.333. The molecule has 1 aromatic carbocycles. The molecule has 3 aromatic rings. The van der Waals surface area contributed by atoms with E-state index in [1.54, 1.807) is 18.3 Å². The van der Waals surface area contributed by atoms with Crippen LogP contribution in [0.4, 0.5) is 4.39 Å². The molecule has 6 heteroatoms. The molecule has 0 N–H and O–H groups in total. The highest BCUT2D eigenvalue weighted by atomic mass is 19.1. The molecule has 0 bridgehead atoms. The number of nitrogens with zero attached hydrogens (tertiary/aromatic N) is 3. The van der Waals surface area contributed by atoms with Crippen molar-refractivity contribution in [3.05, 3.63) is 53.7 Å². The van der Waals surface area contributed by atoms with Gasteiger partial charge in [-0.25, -0.2) is 14.4 Å². The molecule has 5 nitrogen and oxygen atoms in total. The number of aromatic nitrogens is 3. The molecule has 0 aliphatic carbocycles. The summed E-state index contributed by atoms with van der Waals surface area (Å²) in [5.74, 6) is 2.27. The zero-order chi connectivity index (χ0) is 17.3. The lowest BCUT2D eigenvalue weighted by molar-refractivity contribution is 0.411. The van der Waals surface area contributed by atoms with Crippen LogP contribution in [0.2, 0.25) is 0 Å². The summed E-state index contributed by atoms with van der Waals surface area (Å²) in [5, 5.41) is 0. The summed E-state index contributed by atoms with van der Waals surface area (Å²) < 4.78 is 26.9. The van der Waals surface area contributed by atoms with Crippen molar-refractivity contribution >= 4 is 0 Å². The maximum Gasteiger partial charge on any atom is 0.229 e. The van der Waals surface area contributed by atoms with Crippen LogP contribution in [0, 0.1) is 12.7 Å². The molecule has 0 amide bonds. The number of halogens is 1. The normalized spacial score (nSPS) is 11.2. The largest absolute Gasteiger partial charge is 0.497 e. The highest BCUT2D eigenvalue weighted by Gasteiger charge is 2.17. The van der Waals surface area contributed by atoms with Crippen molar-refractivity contribution in [2.75, 3.05) is 7.11 Å². The van der Waals surface area contributed by atoms with Gasteiger partial charge in [-0.3, -0.25) is 0 Å². The van der Waals surface area contributed by atoms with E-state index in [-0.39, 0.29) is 5.89 Å². The first-order valence-corrected chi connectivity index (χ1v) is 7.80. The van der Waals surface area contributed by atoms with E-state index < -0.39 is 5.82 Å². The Morgan fingerprint density at radius 3 is 2.79 bits per heavy atom. The number of imidazole rings is 1. The van der Waals surface area contributed by atoms with E-state index in [2.05, 4.69) is 23.8 Å². The van der Waals surface area contributed by atoms with Gasteiger partial charge in [-0.15, -0.1) is 0 Å².